The second-order valence-electron chi connectivity index (χ2n) is 5.94. The maximum absolute atomic E-state index is 12.6. The molecule has 1 rings (SSSR count). The van der Waals surface area contributed by atoms with Crippen LogP contribution >= 0.6 is 11.3 Å². The van der Waals surface area contributed by atoms with Gasteiger partial charge >= 0.3 is 0 Å². The zero-order chi connectivity index (χ0) is 15.0. The van der Waals surface area contributed by atoms with E-state index < -0.39 is 10.0 Å². The van der Waals surface area contributed by atoms with Crippen LogP contribution in [0.3, 0.4) is 0 Å². The van der Waals surface area contributed by atoms with Crippen LogP contribution in [-0.4, -0.2) is 25.8 Å². The van der Waals surface area contributed by atoms with Gasteiger partial charge in [0.15, 0.2) is 0 Å². The molecule has 0 bridgehead atoms. The molecule has 1 heterocycles. The molecule has 1 aromatic heterocycles. The lowest BCUT2D eigenvalue weighted by Crippen LogP contribution is -2.42. The second kappa shape index (κ2) is 5.52. The number of hydrogen-bond acceptors (Lipinski definition) is 4. The van der Waals surface area contributed by atoms with Crippen LogP contribution in [0.25, 0.3) is 0 Å². The summed E-state index contributed by atoms with van der Waals surface area (Å²) in [6, 6.07) is 1.63. The minimum absolute atomic E-state index is 0.0822. The molecule has 110 valence electrons. The van der Waals surface area contributed by atoms with Crippen LogP contribution in [-0.2, 0) is 16.6 Å². The van der Waals surface area contributed by atoms with Gasteiger partial charge in [-0.05, 0) is 30.9 Å². The highest BCUT2D eigenvalue weighted by molar-refractivity contribution is 7.91. The molecular formula is C13H24N2O2S2. The second-order valence-corrected chi connectivity index (χ2v) is 9.30. The monoisotopic (exact) mass is 304 g/mol. The largest absolute Gasteiger partial charge is 0.326 e. The van der Waals surface area contributed by atoms with Crippen molar-refractivity contribution in [2.45, 2.75) is 51.4 Å². The highest BCUT2D eigenvalue weighted by atomic mass is 32.2. The molecule has 0 amide bonds. The molecule has 4 nitrogen and oxygen atoms in total. The minimum atomic E-state index is -3.44. The molecule has 6 heteroatoms. The van der Waals surface area contributed by atoms with Crippen LogP contribution in [0.1, 0.15) is 38.1 Å². The molecule has 1 atom stereocenters. The topological polar surface area (TPSA) is 63.4 Å². The lowest BCUT2D eigenvalue weighted by Gasteiger charge is -2.34. The van der Waals surface area contributed by atoms with Crippen molar-refractivity contribution in [1.82, 2.24) is 4.31 Å². The van der Waals surface area contributed by atoms with Gasteiger partial charge in [0.25, 0.3) is 10.0 Å². The average Bonchev–Trinajstić information content (AvgIpc) is 2.67. The van der Waals surface area contributed by atoms with Gasteiger partial charge in [-0.15, -0.1) is 11.3 Å². The fourth-order valence-corrected chi connectivity index (χ4v) is 4.91. The summed E-state index contributed by atoms with van der Waals surface area (Å²) in [5.41, 5.74) is 6.46. The van der Waals surface area contributed by atoms with Crippen molar-refractivity contribution < 1.29 is 8.42 Å². The number of thiophene rings is 1. The van der Waals surface area contributed by atoms with E-state index in [9.17, 15) is 8.42 Å². The third kappa shape index (κ3) is 3.37. The molecule has 0 saturated carbocycles. The zero-order valence-electron chi connectivity index (χ0n) is 12.5. The Morgan fingerprint density at radius 1 is 1.42 bits per heavy atom. The predicted octanol–water partition coefficient (Wildman–Crippen LogP) is 2.57. The fraction of sp³-hybridized carbons (Fsp3) is 0.692. The lowest BCUT2D eigenvalue weighted by atomic mass is 9.88. The van der Waals surface area contributed by atoms with Crippen molar-refractivity contribution >= 4 is 21.4 Å². The number of rotatable bonds is 4. The van der Waals surface area contributed by atoms with Crippen LogP contribution in [0, 0.1) is 12.3 Å². The Bertz CT molecular complexity index is 541. The maximum Gasteiger partial charge on any atom is 0.252 e. The summed E-state index contributed by atoms with van der Waals surface area (Å²) in [6.45, 7) is 10.3. The lowest BCUT2D eigenvalue weighted by molar-refractivity contribution is 0.217. The van der Waals surface area contributed by atoms with E-state index in [0.717, 1.165) is 10.4 Å². The maximum atomic E-state index is 12.6. The average molecular weight is 304 g/mol. The SMILES string of the molecule is Cc1cc(S(=O)(=O)N(C)C(C)C(C)(C)C)sc1CN. The number of nitrogens with zero attached hydrogens (tertiary/aromatic N) is 1. The van der Waals surface area contributed by atoms with E-state index in [0.29, 0.717) is 10.8 Å². The quantitative estimate of drug-likeness (QED) is 0.930. The molecule has 0 aliphatic rings. The molecular weight excluding hydrogens is 280 g/mol. The van der Waals surface area contributed by atoms with E-state index in [1.54, 1.807) is 13.1 Å². The third-order valence-electron chi connectivity index (χ3n) is 3.62. The summed E-state index contributed by atoms with van der Waals surface area (Å²) in [5.74, 6) is 0. The Morgan fingerprint density at radius 3 is 2.32 bits per heavy atom. The molecule has 0 aromatic carbocycles. The van der Waals surface area contributed by atoms with Crippen LogP contribution in [0.15, 0.2) is 10.3 Å². The molecule has 0 radical (unpaired) electrons. The van der Waals surface area contributed by atoms with E-state index in [4.69, 9.17) is 5.73 Å². The standard InChI is InChI=1S/C13H24N2O2S2/c1-9-7-12(18-11(9)8-14)19(16,17)15(6)10(2)13(3,4)5/h7,10H,8,14H2,1-6H3. The molecule has 2 N–H and O–H groups in total. The minimum Gasteiger partial charge on any atom is -0.326 e. The summed E-state index contributed by atoms with van der Waals surface area (Å²) < 4.78 is 27.0. The van der Waals surface area contributed by atoms with E-state index in [2.05, 4.69) is 0 Å². The molecule has 19 heavy (non-hydrogen) atoms. The fourth-order valence-electron chi connectivity index (χ4n) is 1.71. The van der Waals surface area contributed by atoms with Crippen LogP contribution in [0.5, 0.6) is 0 Å². The van der Waals surface area contributed by atoms with Crippen molar-refractivity contribution in [3.05, 3.63) is 16.5 Å². The van der Waals surface area contributed by atoms with E-state index in [1.165, 1.54) is 15.6 Å². The van der Waals surface area contributed by atoms with E-state index >= 15 is 0 Å². The Morgan fingerprint density at radius 2 is 1.95 bits per heavy atom. The Hall–Kier alpha value is -0.430. The Kier molecular flexibility index (Phi) is 4.83. The van der Waals surface area contributed by atoms with Gasteiger partial charge in [-0.3, -0.25) is 0 Å². The summed E-state index contributed by atoms with van der Waals surface area (Å²) in [7, 11) is -1.80. The molecule has 0 fully saturated rings. The van der Waals surface area contributed by atoms with Gasteiger partial charge in [-0.1, -0.05) is 20.8 Å². The first-order chi connectivity index (χ1) is 8.51. The van der Waals surface area contributed by atoms with Gasteiger partial charge in [-0.25, -0.2) is 8.42 Å². The van der Waals surface area contributed by atoms with E-state index in [-0.39, 0.29) is 11.5 Å². The van der Waals surface area contributed by atoms with Crippen molar-refractivity contribution in [3.8, 4) is 0 Å². The van der Waals surface area contributed by atoms with Gasteiger partial charge < -0.3 is 5.73 Å². The summed E-state index contributed by atoms with van der Waals surface area (Å²) in [4.78, 5) is 0.926. The number of sulfonamides is 1. The van der Waals surface area contributed by atoms with Gasteiger partial charge in [0.2, 0.25) is 0 Å². The number of hydrogen-bond donors (Lipinski definition) is 1. The number of nitrogens with two attached hydrogens (primary N) is 1. The predicted molar refractivity (Wildman–Crippen MR) is 80.8 cm³/mol. The summed E-state index contributed by atoms with van der Waals surface area (Å²) >= 11 is 1.27. The molecule has 0 spiro atoms. The van der Waals surface area contributed by atoms with Crippen molar-refractivity contribution in [1.29, 1.82) is 0 Å². The normalized spacial score (nSPS) is 14.9. The first kappa shape index (κ1) is 16.6. The van der Waals surface area contributed by atoms with Crippen molar-refractivity contribution in [2.24, 2.45) is 11.1 Å². The van der Waals surface area contributed by atoms with Crippen molar-refractivity contribution in [3.63, 3.8) is 0 Å². The summed E-state index contributed by atoms with van der Waals surface area (Å²) in [5, 5.41) is 0. The molecule has 0 aliphatic heterocycles. The first-order valence-electron chi connectivity index (χ1n) is 6.29. The van der Waals surface area contributed by atoms with Gasteiger partial charge in [0.1, 0.15) is 4.21 Å². The molecule has 1 unspecified atom stereocenters. The van der Waals surface area contributed by atoms with Gasteiger partial charge in [0.05, 0.1) is 0 Å². The molecule has 0 saturated heterocycles. The van der Waals surface area contributed by atoms with E-state index in [1.807, 2.05) is 34.6 Å². The molecule has 1 aromatic rings. The smallest absolute Gasteiger partial charge is 0.252 e. The Balaban J connectivity index is 3.16. The van der Waals surface area contributed by atoms with Crippen LogP contribution < -0.4 is 5.73 Å². The van der Waals surface area contributed by atoms with Crippen LogP contribution in [0.4, 0.5) is 0 Å². The zero-order valence-corrected chi connectivity index (χ0v) is 14.2. The number of aryl methyl sites for hydroxylation is 1. The highest BCUT2D eigenvalue weighted by Crippen LogP contribution is 2.32. The van der Waals surface area contributed by atoms with Crippen molar-refractivity contribution in [2.75, 3.05) is 7.05 Å². The third-order valence-corrected chi connectivity index (χ3v) is 7.25. The molecule has 0 aliphatic carbocycles. The highest BCUT2D eigenvalue weighted by Gasteiger charge is 2.33. The van der Waals surface area contributed by atoms with Gasteiger partial charge in [0, 0.05) is 24.5 Å². The van der Waals surface area contributed by atoms with Crippen LogP contribution in [0.2, 0.25) is 0 Å². The van der Waals surface area contributed by atoms with Gasteiger partial charge in [-0.2, -0.15) is 4.31 Å². The summed E-state index contributed by atoms with van der Waals surface area (Å²) in [6.07, 6.45) is 0. The first-order valence-corrected chi connectivity index (χ1v) is 8.55. The Labute approximate surface area is 120 Å².